The van der Waals surface area contributed by atoms with Gasteiger partial charge < -0.3 is 10.2 Å². The molecule has 2 fully saturated rings. The highest BCUT2D eigenvalue weighted by atomic mass is 16.2. The van der Waals surface area contributed by atoms with Crippen LogP contribution < -0.4 is 5.32 Å². The molecule has 0 radical (unpaired) electrons. The first-order chi connectivity index (χ1) is 11.7. The van der Waals surface area contributed by atoms with Crippen LogP contribution >= 0.6 is 0 Å². The minimum Gasteiger partial charge on any atom is -0.335 e. The van der Waals surface area contributed by atoms with E-state index in [0.717, 1.165) is 49.4 Å². The summed E-state index contributed by atoms with van der Waals surface area (Å²) in [6.45, 7) is 3.90. The van der Waals surface area contributed by atoms with Crippen molar-refractivity contribution >= 4 is 5.91 Å². The minimum atomic E-state index is 0.189. The number of carbonyl (C=O) groups is 1. The standard InChI is InChI=1S/C18H23N5O/c1-13-17(20-21-23(13)15-5-3-2-4-6-15)11-18(24)22-14-7-8-16(22)12-19-10-9-14/h2-6,14,16,19H,7-12H2,1H3. The molecule has 2 aromatic rings. The Morgan fingerprint density at radius 1 is 1.21 bits per heavy atom. The van der Waals surface area contributed by atoms with Crippen molar-refractivity contribution in [2.75, 3.05) is 13.1 Å². The molecule has 126 valence electrons. The number of aromatic nitrogens is 3. The molecule has 4 rings (SSSR count). The first-order valence-electron chi connectivity index (χ1n) is 8.72. The molecule has 24 heavy (non-hydrogen) atoms. The van der Waals surface area contributed by atoms with Gasteiger partial charge in [0.25, 0.3) is 0 Å². The van der Waals surface area contributed by atoms with Gasteiger partial charge in [-0.05, 0) is 44.9 Å². The molecule has 0 spiro atoms. The molecular formula is C18H23N5O. The lowest BCUT2D eigenvalue weighted by molar-refractivity contribution is -0.133. The Hall–Kier alpha value is -2.21. The predicted octanol–water partition coefficient (Wildman–Crippen LogP) is 1.47. The summed E-state index contributed by atoms with van der Waals surface area (Å²) in [5.41, 5.74) is 2.69. The van der Waals surface area contributed by atoms with E-state index in [1.807, 2.05) is 37.3 Å². The van der Waals surface area contributed by atoms with Crippen LogP contribution in [0.2, 0.25) is 0 Å². The van der Waals surface area contributed by atoms with Gasteiger partial charge in [-0.25, -0.2) is 4.68 Å². The SMILES string of the molecule is Cc1c(CC(=O)N2C3CCNCC2CC3)nnn1-c1ccccc1. The summed E-state index contributed by atoms with van der Waals surface area (Å²) in [6, 6.07) is 10.6. The molecular weight excluding hydrogens is 302 g/mol. The first-order valence-corrected chi connectivity index (χ1v) is 8.72. The summed E-state index contributed by atoms with van der Waals surface area (Å²) in [7, 11) is 0. The smallest absolute Gasteiger partial charge is 0.229 e. The van der Waals surface area contributed by atoms with E-state index in [1.165, 1.54) is 0 Å². The number of hydrogen-bond acceptors (Lipinski definition) is 4. The molecule has 2 saturated heterocycles. The predicted molar refractivity (Wildman–Crippen MR) is 90.9 cm³/mol. The van der Waals surface area contributed by atoms with Crippen LogP contribution in [0.3, 0.4) is 0 Å². The van der Waals surface area contributed by atoms with Crippen LogP contribution in [-0.2, 0) is 11.2 Å². The van der Waals surface area contributed by atoms with Gasteiger partial charge in [0.1, 0.15) is 0 Å². The summed E-state index contributed by atoms with van der Waals surface area (Å²) < 4.78 is 1.81. The fourth-order valence-corrected chi connectivity index (χ4v) is 3.96. The summed E-state index contributed by atoms with van der Waals surface area (Å²) >= 11 is 0. The average molecular weight is 325 g/mol. The summed E-state index contributed by atoms with van der Waals surface area (Å²) in [6.07, 6.45) is 3.64. The third-order valence-electron chi connectivity index (χ3n) is 5.25. The van der Waals surface area contributed by atoms with Gasteiger partial charge in [-0.1, -0.05) is 23.4 Å². The third-order valence-corrected chi connectivity index (χ3v) is 5.25. The zero-order valence-electron chi connectivity index (χ0n) is 14.0. The fourth-order valence-electron chi connectivity index (χ4n) is 3.96. The average Bonchev–Trinajstić information content (AvgIpc) is 3.07. The second-order valence-corrected chi connectivity index (χ2v) is 6.72. The molecule has 3 heterocycles. The Morgan fingerprint density at radius 3 is 2.83 bits per heavy atom. The van der Waals surface area contributed by atoms with Crippen molar-refractivity contribution in [3.05, 3.63) is 41.7 Å². The highest BCUT2D eigenvalue weighted by Gasteiger charge is 2.38. The fraction of sp³-hybridized carbons (Fsp3) is 0.500. The van der Waals surface area contributed by atoms with Crippen LogP contribution in [0.4, 0.5) is 0 Å². The molecule has 0 aliphatic carbocycles. The van der Waals surface area contributed by atoms with E-state index in [2.05, 4.69) is 20.5 Å². The highest BCUT2D eigenvalue weighted by Crippen LogP contribution is 2.28. The number of para-hydroxylation sites is 1. The van der Waals surface area contributed by atoms with E-state index in [9.17, 15) is 4.79 Å². The van der Waals surface area contributed by atoms with E-state index in [0.29, 0.717) is 18.5 Å². The Morgan fingerprint density at radius 2 is 2.00 bits per heavy atom. The van der Waals surface area contributed by atoms with Crippen LogP contribution in [0, 0.1) is 6.92 Å². The van der Waals surface area contributed by atoms with Crippen LogP contribution in [0.15, 0.2) is 30.3 Å². The van der Waals surface area contributed by atoms with Crippen molar-refractivity contribution < 1.29 is 4.79 Å². The van der Waals surface area contributed by atoms with Crippen LogP contribution in [0.5, 0.6) is 0 Å². The van der Waals surface area contributed by atoms with Gasteiger partial charge in [0, 0.05) is 18.6 Å². The van der Waals surface area contributed by atoms with Crippen molar-refractivity contribution in [3.63, 3.8) is 0 Å². The number of nitrogens with zero attached hydrogens (tertiary/aromatic N) is 4. The Balaban J connectivity index is 1.53. The van der Waals surface area contributed by atoms with Crippen LogP contribution in [0.25, 0.3) is 5.69 Å². The van der Waals surface area contributed by atoms with Gasteiger partial charge >= 0.3 is 0 Å². The molecule has 2 aliphatic rings. The number of hydrogen-bond donors (Lipinski definition) is 1. The Bertz CT molecular complexity index is 712. The third kappa shape index (κ3) is 2.71. The minimum absolute atomic E-state index is 0.189. The molecule has 1 N–H and O–H groups in total. The molecule has 6 heteroatoms. The molecule has 1 amide bonds. The normalized spacial score (nSPS) is 23.3. The Kier molecular flexibility index (Phi) is 4.06. The summed E-state index contributed by atoms with van der Waals surface area (Å²) in [5.74, 6) is 0.189. The van der Waals surface area contributed by atoms with E-state index in [4.69, 9.17) is 0 Å². The van der Waals surface area contributed by atoms with Crippen LogP contribution in [0.1, 0.15) is 30.7 Å². The highest BCUT2D eigenvalue weighted by molar-refractivity contribution is 5.79. The number of carbonyl (C=O) groups excluding carboxylic acids is 1. The maximum absolute atomic E-state index is 12.9. The molecule has 1 aromatic heterocycles. The summed E-state index contributed by atoms with van der Waals surface area (Å²) in [4.78, 5) is 15.0. The summed E-state index contributed by atoms with van der Waals surface area (Å²) in [5, 5.41) is 11.9. The van der Waals surface area contributed by atoms with Crippen molar-refractivity contribution in [1.29, 1.82) is 0 Å². The molecule has 2 bridgehead atoms. The number of nitrogens with one attached hydrogen (secondary N) is 1. The topological polar surface area (TPSA) is 63.1 Å². The maximum atomic E-state index is 12.9. The van der Waals surface area contributed by atoms with Crippen molar-refractivity contribution in [3.8, 4) is 5.69 Å². The lowest BCUT2D eigenvalue weighted by Gasteiger charge is -2.27. The second kappa shape index (κ2) is 6.36. The van der Waals surface area contributed by atoms with Gasteiger partial charge in [0.05, 0.1) is 23.5 Å². The van der Waals surface area contributed by atoms with Gasteiger partial charge in [-0.3, -0.25) is 4.79 Å². The largest absolute Gasteiger partial charge is 0.335 e. The van der Waals surface area contributed by atoms with E-state index in [1.54, 1.807) is 4.68 Å². The second-order valence-electron chi connectivity index (χ2n) is 6.72. The number of fused-ring (bicyclic) bond motifs is 2. The number of benzene rings is 1. The molecule has 1 aromatic carbocycles. The molecule has 0 saturated carbocycles. The van der Waals surface area contributed by atoms with Crippen LogP contribution in [-0.4, -0.2) is 51.0 Å². The van der Waals surface area contributed by atoms with E-state index >= 15 is 0 Å². The van der Waals surface area contributed by atoms with Crippen molar-refractivity contribution in [1.82, 2.24) is 25.2 Å². The molecule has 2 unspecified atom stereocenters. The van der Waals surface area contributed by atoms with Crippen molar-refractivity contribution in [2.24, 2.45) is 0 Å². The Labute approximate surface area is 141 Å². The lowest BCUT2D eigenvalue weighted by atomic mass is 10.1. The molecule has 2 aliphatic heterocycles. The zero-order chi connectivity index (χ0) is 16.5. The van der Waals surface area contributed by atoms with Gasteiger partial charge in [0.15, 0.2) is 0 Å². The number of amides is 1. The van der Waals surface area contributed by atoms with Gasteiger partial charge in [-0.2, -0.15) is 0 Å². The monoisotopic (exact) mass is 325 g/mol. The number of rotatable bonds is 3. The lowest BCUT2D eigenvalue weighted by Crippen LogP contribution is -2.43. The first kappa shape index (κ1) is 15.3. The zero-order valence-corrected chi connectivity index (χ0v) is 14.0. The van der Waals surface area contributed by atoms with E-state index < -0.39 is 0 Å². The maximum Gasteiger partial charge on any atom is 0.229 e. The molecule has 2 atom stereocenters. The molecule has 6 nitrogen and oxygen atoms in total. The quantitative estimate of drug-likeness (QED) is 0.928. The van der Waals surface area contributed by atoms with Gasteiger partial charge in [-0.15, -0.1) is 5.10 Å². The van der Waals surface area contributed by atoms with E-state index in [-0.39, 0.29) is 5.91 Å². The van der Waals surface area contributed by atoms with Gasteiger partial charge in [0.2, 0.25) is 5.91 Å². The van der Waals surface area contributed by atoms with Crippen molar-refractivity contribution in [2.45, 2.75) is 44.7 Å².